The summed E-state index contributed by atoms with van der Waals surface area (Å²) in [6.45, 7) is 1.65. The molecule has 0 bridgehead atoms. The number of hydrogen-bond acceptors (Lipinski definition) is 7. The zero-order valence-corrected chi connectivity index (χ0v) is 23.8. The first-order valence-corrected chi connectivity index (χ1v) is 15.2. The fourth-order valence-electron chi connectivity index (χ4n) is 7.13. The van der Waals surface area contributed by atoms with Gasteiger partial charge in [-0.05, 0) is 57.8 Å². The molecular formula is C30H44N2O9. The Labute approximate surface area is 241 Å². The van der Waals surface area contributed by atoms with Crippen LogP contribution in [0, 0.1) is 30.3 Å². The normalized spacial score (nSPS) is 31.8. The Morgan fingerprint density at radius 2 is 1.61 bits per heavy atom. The van der Waals surface area contributed by atoms with Crippen molar-refractivity contribution < 1.29 is 43.6 Å². The summed E-state index contributed by atoms with van der Waals surface area (Å²) in [5.41, 5.74) is -1.07. The van der Waals surface area contributed by atoms with Crippen LogP contribution in [0.3, 0.4) is 0 Å². The third-order valence-corrected chi connectivity index (χ3v) is 9.38. The number of carboxylic acid groups (broad SMARTS) is 2. The monoisotopic (exact) mass is 576 g/mol. The van der Waals surface area contributed by atoms with Crippen LogP contribution in [0.15, 0.2) is 0 Å². The van der Waals surface area contributed by atoms with Gasteiger partial charge >= 0.3 is 11.9 Å². The van der Waals surface area contributed by atoms with E-state index in [0.717, 1.165) is 12.8 Å². The fourth-order valence-corrected chi connectivity index (χ4v) is 7.13. The molecule has 3 N–H and O–H groups in total. The van der Waals surface area contributed by atoms with E-state index in [4.69, 9.17) is 20.6 Å². The van der Waals surface area contributed by atoms with Crippen LogP contribution in [-0.4, -0.2) is 89.0 Å². The van der Waals surface area contributed by atoms with Gasteiger partial charge in [0.2, 0.25) is 5.91 Å². The van der Waals surface area contributed by atoms with Crippen LogP contribution in [0.5, 0.6) is 0 Å². The van der Waals surface area contributed by atoms with Gasteiger partial charge in [0.05, 0.1) is 43.2 Å². The van der Waals surface area contributed by atoms with Crippen LogP contribution in [0.4, 0.5) is 0 Å². The lowest BCUT2D eigenvalue weighted by Gasteiger charge is -2.33. The van der Waals surface area contributed by atoms with Crippen LogP contribution in [0.1, 0.15) is 83.5 Å². The number of nitrogens with one attached hydrogen (secondary N) is 1. The Hall–Kier alpha value is -2.84. The largest absolute Gasteiger partial charge is 0.481 e. The summed E-state index contributed by atoms with van der Waals surface area (Å²) in [4.78, 5) is 51.0. The van der Waals surface area contributed by atoms with Crippen molar-refractivity contribution in [1.82, 2.24) is 10.2 Å². The van der Waals surface area contributed by atoms with Gasteiger partial charge in [0.25, 0.3) is 5.91 Å². The molecule has 6 atom stereocenters. The lowest BCUT2D eigenvalue weighted by molar-refractivity contribution is -0.152. The number of hydrogen-bond donors (Lipinski definition) is 3. The van der Waals surface area contributed by atoms with Crippen LogP contribution in [0.2, 0.25) is 0 Å². The van der Waals surface area contributed by atoms with Crippen molar-refractivity contribution >= 4 is 23.8 Å². The minimum absolute atomic E-state index is 0.180. The van der Waals surface area contributed by atoms with Gasteiger partial charge in [-0.3, -0.25) is 19.2 Å². The highest BCUT2D eigenvalue weighted by atomic mass is 16.5. The summed E-state index contributed by atoms with van der Waals surface area (Å²) < 4.78 is 17.1. The molecule has 6 unspecified atom stereocenters. The van der Waals surface area contributed by atoms with E-state index in [2.05, 4.69) is 11.4 Å². The Balaban J connectivity index is 1.18. The van der Waals surface area contributed by atoms with Crippen LogP contribution >= 0.6 is 0 Å². The number of aliphatic carboxylic acids is 2. The molecule has 0 aromatic heterocycles. The Kier molecular flexibility index (Phi) is 10.9. The molecule has 3 aliphatic carbocycles. The van der Waals surface area contributed by atoms with Gasteiger partial charge in [0.15, 0.2) is 0 Å². The van der Waals surface area contributed by atoms with E-state index in [1.165, 1.54) is 19.3 Å². The van der Waals surface area contributed by atoms with E-state index in [1.807, 2.05) is 0 Å². The highest BCUT2D eigenvalue weighted by Gasteiger charge is 2.70. The van der Waals surface area contributed by atoms with E-state index in [9.17, 15) is 29.4 Å². The van der Waals surface area contributed by atoms with Crippen LogP contribution in [-0.2, 0) is 33.4 Å². The summed E-state index contributed by atoms with van der Waals surface area (Å²) in [5, 5.41) is 22.3. The van der Waals surface area contributed by atoms with E-state index < -0.39 is 35.2 Å². The molecule has 4 fully saturated rings. The van der Waals surface area contributed by atoms with Crippen LogP contribution in [0.25, 0.3) is 0 Å². The van der Waals surface area contributed by atoms with Gasteiger partial charge in [0, 0.05) is 19.5 Å². The molecule has 3 saturated carbocycles. The Morgan fingerprint density at radius 1 is 0.902 bits per heavy atom. The van der Waals surface area contributed by atoms with Crippen molar-refractivity contribution in [3.05, 3.63) is 0 Å². The lowest BCUT2D eigenvalue weighted by Crippen LogP contribution is -2.44. The van der Waals surface area contributed by atoms with E-state index in [0.29, 0.717) is 77.4 Å². The minimum atomic E-state index is -1.07. The SMILES string of the molecule is C#COC1CCC(C(=O)O)C2(C1)C(=O)N2CCCCNC(=O)C1CC(OCCOC2CCCCC2)CCC1C(=O)O. The molecule has 11 heteroatoms. The number of ether oxygens (including phenoxy) is 3. The third-order valence-electron chi connectivity index (χ3n) is 9.38. The second kappa shape index (κ2) is 14.4. The molecule has 11 nitrogen and oxygen atoms in total. The molecule has 4 aliphatic rings. The van der Waals surface area contributed by atoms with Gasteiger partial charge in [0.1, 0.15) is 17.7 Å². The number of terminal acetylenes is 1. The molecule has 228 valence electrons. The minimum Gasteiger partial charge on any atom is -0.481 e. The van der Waals surface area contributed by atoms with Crippen molar-refractivity contribution in [3.63, 3.8) is 0 Å². The predicted molar refractivity (Wildman–Crippen MR) is 146 cm³/mol. The Bertz CT molecular complexity index is 991. The highest BCUT2D eigenvalue weighted by molar-refractivity contribution is 6.06. The molecule has 1 heterocycles. The molecule has 1 spiro atoms. The zero-order valence-electron chi connectivity index (χ0n) is 23.8. The van der Waals surface area contributed by atoms with E-state index in [-0.39, 0.29) is 30.4 Å². The second-order valence-corrected chi connectivity index (χ2v) is 11.9. The predicted octanol–water partition coefficient (Wildman–Crippen LogP) is 2.56. The molecule has 1 aliphatic heterocycles. The molecule has 1 saturated heterocycles. The lowest BCUT2D eigenvalue weighted by atomic mass is 9.76. The summed E-state index contributed by atoms with van der Waals surface area (Å²) >= 11 is 0. The first-order valence-electron chi connectivity index (χ1n) is 15.2. The number of rotatable bonds is 14. The van der Waals surface area contributed by atoms with Gasteiger partial charge < -0.3 is 34.6 Å². The van der Waals surface area contributed by atoms with Crippen molar-refractivity contribution in [2.45, 2.75) is 107 Å². The molecule has 2 amide bonds. The van der Waals surface area contributed by atoms with Crippen LogP contribution < -0.4 is 5.32 Å². The van der Waals surface area contributed by atoms with E-state index in [1.54, 1.807) is 4.90 Å². The number of carbonyl (C=O) groups is 4. The standard InChI is InChI=1S/C30H44N2O9/c1-2-39-22-11-13-25(28(36)37)30(19-22)29(38)32(30)15-7-6-14-31-26(33)24-18-21(10-12-23(24)27(34)35)41-17-16-40-20-8-4-3-5-9-20/h1,20-25H,3-19H2,(H,31,33)(H,34,35)(H,36,37). The van der Waals surface area contributed by atoms with Gasteiger partial charge in [-0.15, -0.1) is 0 Å². The first-order chi connectivity index (χ1) is 19.8. The fraction of sp³-hybridized carbons (Fsp3) is 0.800. The second-order valence-electron chi connectivity index (χ2n) is 11.9. The number of amides is 2. The number of unbranched alkanes of at least 4 members (excludes halogenated alkanes) is 1. The molecule has 41 heavy (non-hydrogen) atoms. The average Bonchev–Trinajstić information content (AvgIpc) is 3.50. The van der Waals surface area contributed by atoms with E-state index >= 15 is 0 Å². The molecular weight excluding hydrogens is 532 g/mol. The Morgan fingerprint density at radius 3 is 2.29 bits per heavy atom. The maximum absolute atomic E-state index is 13.0. The molecule has 4 rings (SSSR count). The van der Waals surface area contributed by atoms with Crippen molar-refractivity contribution in [1.29, 1.82) is 0 Å². The molecule has 0 aromatic rings. The number of carboxylic acids is 2. The van der Waals surface area contributed by atoms with Gasteiger partial charge in [-0.1, -0.05) is 25.7 Å². The van der Waals surface area contributed by atoms with Gasteiger partial charge in [-0.25, -0.2) is 0 Å². The summed E-state index contributed by atoms with van der Waals surface area (Å²) in [6.07, 6.45) is 16.6. The summed E-state index contributed by atoms with van der Waals surface area (Å²) in [7, 11) is 0. The van der Waals surface area contributed by atoms with Crippen molar-refractivity contribution in [2.24, 2.45) is 17.8 Å². The topological polar surface area (TPSA) is 151 Å². The highest BCUT2D eigenvalue weighted by Crippen LogP contribution is 2.51. The zero-order chi connectivity index (χ0) is 29.4. The number of carbonyl (C=O) groups excluding carboxylic acids is 2. The van der Waals surface area contributed by atoms with Gasteiger partial charge in [-0.2, -0.15) is 0 Å². The maximum atomic E-state index is 13.0. The molecule has 0 radical (unpaired) electrons. The summed E-state index contributed by atoms with van der Waals surface area (Å²) in [6, 6.07) is 0. The maximum Gasteiger partial charge on any atom is 0.309 e. The smallest absolute Gasteiger partial charge is 0.309 e. The summed E-state index contributed by atoms with van der Waals surface area (Å²) in [5.74, 6) is -4.67. The number of nitrogens with zero attached hydrogens (tertiary/aromatic N) is 1. The first kappa shape index (κ1) is 31.1. The quantitative estimate of drug-likeness (QED) is 0.161. The van der Waals surface area contributed by atoms with Crippen molar-refractivity contribution in [3.8, 4) is 12.5 Å². The average molecular weight is 577 g/mol. The molecule has 0 aromatic carbocycles. The van der Waals surface area contributed by atoms with Crippen molar-refractivity contribution in [2.75, 3.05) is 26.3 Å². The third kappa shape index (κ3) is 7.52.